The summed E-state index contributed by atoms with van der Waals surface area (Å²) in [6.45, 7) is 3.47. The molecule has 3 nitrogen and oxygen atoms in total. The minimum absolute atomic E-state index is 0.539. The Hall–Kier alpha value is -1.39. The van der Waals surface area contributed by atoms with E-state index in [0.29, 0.717) is 6.61 Å². The molecular formula is C14H18N2OS. The molecule has 0 atom stereocenters. The van der Waals surface area contributed by atoms with Crippen LogP contribution in [0.25, 0.3) is 0 Å². The van der Waals surface area contributed by atoms with E-state index >= 15 is 0 Å². The van der Waals surface area contributed by atoms with Crippen molar-refractivity contribution in [1.29, 1.82) is 0 Å². The third kappa shape index (κ3) is 3.31. The van der Waals surface area contributed by atoms with E-state index < -0.39 is 0 Å². The largest absolute Gasteiger partial charge is 0.487 e. The van der Waals surface area contributed by atoms with Crippen molar-refractivity contribution < 1.29 is 4.74 Å². The highest BCUT2D eigenvalue weighted by Crippen LogP contribution is 2.19. The summed E-state index contributed by atoms with van der Waals surface area (Å²) in [7, 11) is 1.94. The summed E-state index contributed by atoms with van der Waals surface area (Å²) in [5.74, 6) is 0.929. The molecule has 1 aromatic carbocycles. The normalized spacial score (nSPS) is 10.6. The van der Waals surface area contributed by atoms with Gasteiger partial charge in [0.1, 0.15) is 12.4 Å². The van der Waals surface area contributed by atoms with Crippen LogP contribution in [0.5, 0.6) is 5.75 Å². The minimum Gasteiger partial charge on any atom is -0.487 e. The Kier molecular flexibility index (Phi) is 4.73. The second-order valence-corrected chi connectivity index (χ2v) is 4.96. The number of nitrogens with one attached hydrogen (secondary N) is 1. The summed E-state index contributed by atoms with van der Waals surface area (Å²) in [4.78, 5) is 4.50. The highest BCUT2D eigenvalue weighted by Gasteiger charge is 2.04. The van der Waals surface area contributed by atoms with E-state index in [1.54, 1.807) is 11.3 Å². The van der Waals surface area contributed by atoms with Crippen LogP contribution in [0.15, 0.2) is 29.6 Å². The fourth-order valence-electron chi connectivity index (χ4n) is 1.71. The summed E-state index contributed by atoms with van der Waals surface area (Å²) in [6, 6.07) is 8.09. The van der Waals surface area contributed by atoms with Crippen LogP contribution in [0.2, 0.25) is 0 Å². The van der Waals surface area contributed by atoms with Crippen LogP contribution >= 0.6 is 11.3 Å². The van der Waals surface area contributed by atoms with Gasteiger partial charge in [-0.1, -0.05) is 25.1 Å². The third-order valence-corrected chi connectivity index (χ3v) is 3.66. The monoisotopic (exact) mass is 262 g/mol. The zero-order valence-corrected chi connectivity index (χ0v) is 11.6. The lowest BCUT2D eigenvalue weighted by Gasteiger charge is -2.09. The number of hydrogen-bond acceptors (Lipinski definition) is 4. The van der Waals surface area contributed by atoms with Gasteiger partial charge in [0.15, 0.2) is 0 Å². The highest BCUT2D eigenvalue weighted by atomic mass is 32.1. The van der Waals surface area contributed by atoms with E-state index in [-0.39, 0.29) is 0 Å². The number of benzene rings is 1. The van der Waals surface area contributed by atoms with Crippen molar-refractivity contribution >= 4 is 11.3 Å². The lowest BCUT2D eigenvalue weighted by molar-refractivity contribution is 0.298. The van der Waals surface area contributed by atoms with Crippen molar-refractivity contribution in [2.45, 2.75) is 26.5 Å². The number of thiazole rings is 1. The van der Waals surface area contributed by atoms with Gasteiger partial charge in [0.25, 0.3) is 0 Å². The summed E-state index contributed by atoms with van der Waals surface area (Å²) < 4.78 is 5.84. The van der Waals surface area contributed by atoms with E-state index in [9.17, 15) is 0 Å². The molecule has 4 heteroatoms. The number of ether oxygens (including phenoxy) is 1. The number of nitrogens with zero attached hydrogens (tertiary/aromatic N) is 1. The molecule has 0 radical (unpaired) electrons. The van der Waals surface area contributed by atoms with Crippen LogP contribution in [-0.4, -0.2) is 12.0 Å². The van der Waals surface area contributed by atoms with E-state index in [1.807, 2.05) is 25.2 Å². The van der Waals surface area contributed by atoms with Gasteiger partial charge in [-0.15, -0.1) is 11.3 Å². The van der Waals surface area contributed by atoms with Crippen LogP contribution < -0.4 is 10.1 Å². The van der Waals surface area contributed by atoms with Crippen LogP contribution in [0, 0.1) is 0 Å². The Labute approximate surface area is 112 Å². The number of hydrogen-bond donors (Lipinski definition) is 1. The molecule has 1 heterocycles. The van der Waals surface area contributed by atoms with Crippen molar-refractivity contribution in [2.24, 2.45) is 0 Å². The molecule has 0 unspecified atom stereocenters. The van der Waals surface area contributed by atoms with Crippen molar-refractivity contribution in [3.05, 3.63) is 45.9 Å². The maximum atomic E-state index is 5.84. The number of aromatic nitrogens is 1. The van der Waals surface area contributed by atoms with Gasteiger partial charge in [0.2, 0.25) is 0 Å². The summed E-state index contributed by atoms with van der Waals surface area (Å²) in [5.41, 5.74) is 2.18. The number of para-hydroxylation sites is 1. The zero-order valence-electron chi connectivity index (χ0n) is 10.8. The predicted molar refractivity (Wildman–Crippen MR) is 75.0 cm³/mol. The summed E-state index contributed by atoms with van der Waals surface area (Å²) in [6.07, 6.45) is 0.987. The molecule has 0 saturated heterocycles. The molecule has 0 spiro atoms. The van der Waals surface area contributed by atoms with Crippen LogP contribution in [-0.2, 0) is 19.6 Å². The van der Waals surface area contributed by atoms with Crippen molar-refractivity contribution in [1.82, 2.24) is 10.3 Å². The highest BCUT2D eigenvalue weighted by molar-refractivity contribution is 7.09. The smallest absolute Gasteiger partial charge is 0.131 e. The first-order valence-electron chi connectivity index (χ1n) is 6.12. The predicted octanol–water partition coefficient (Wildman–Crippen LogP) is 3.00. The molecule has 0 bridgehead atoms. The fourth-order valence-corrected chi connectivity index (χ4v) is 2.44. The molecule has 2 rings (SSSR count). The van der Waals surface area contributed by atoms with Crippen molar-refractivity contribution in [3.63, 3.8) is 0 Å². The Morgan fingerprint density at radius 3 is 2.89 bits per heavy atom. The Morgan fingerprint density at radius 2 is 2.17 bits per heavy atom. The van der Waals surface area contributed by atoms with Gasteiger partial charge >= 0.3 is 0 Å². The second kappa shape index (κ2) is 6.52. The van der Waals surface area contributed by atoms with E-state index in [1.165, 1.54) is 5.56 Å². The SMILES string of the molecule is CCc1nc(COc2ccccc2CNC)cs1. The molecule has 0 fully saturated rings. The van der Waals surface area contributed by atoms with Gasteiger partial charge in [0, 0.05) is 17.5 Å². The average Bonchev–Trinajstić information content (AvgIpc) is 2.86. The molecule has 96 valence electrons. The minimum atomic E-state index is 0.539. The van der Waals surface area contributed by atoms with Crippen LogP contribution in [0.4, 0.5) is 0 Å². The standard InChI is InChI=1S/C14H18N2OS/c1-3-14-16-12(10-18-14)9-17-13-7-5-4-6-11(13)8-15-2/h4-7,10,15H,3,8-9H2,1-2H3. The lowest BCUT2D eigenvalue weighted by Crippen LogP contribution is -2.07. The molecule has 1 aromatic heterocycles. The third-order valence-electron chi connectivity index (χ3n) is 2.62. The Morgan fingerprint density at radius 1 is 1.33 bits per heavy atom. The fraction of sp³-hybridized carbons (Fsp3) is 0.357. The maximum absolute atomic E-state index is 5.84. The van der Waals surface area contributed by atoms with Crippen LogP contribution in [0.1, 0.15) is 23.2 Å². The Bertz CT molecular complexity index is 496. The number of aryl methyl sites for hydroxylation is 1. The maximum Gasteiger partial charge on any atom is 0.131 e. The van der Waals surface area contributed by atoms with Crippen molar-refractivity contribution in [2.75, 3.05) is 7.05 Å². The van der Waals surface area contributed by atoms with Gasteiger partial charge in [-0.25, -0.2) is 4.98 Å². The molecular weight excluding hydrogens is 244 g/mol. The number of rotatable bonds is 6. The summed E-state index contributed by atoms with van der Waals surface area (Å²) in [5, 5.41) is 6.38. The van der Waals surface area contributed by atoms with Gasteiger partial charge in [-0.05, 0) is 19.5 Å². The molecule has 0 aliphatic carbocycles. The molecule has 2 aromatic rings. The second-order valence-electron chi connectivity index (χ2n) is 4.01. The van der Waals surface area contributed by atoms with Gasteiger partial charge in [-0.2, -0.15) is 0 Å². The molecule has 1 N–H and O–H groups in total. The first-order valence-corrected chi connectivity index (χ1v) is 7.00. The van der Waals surface area contributed by atoms with Gasteiger partial charge < -0.3 is 10.1 Å². The molecule has 0 aliphatic heterocycles. The molecule has 0 saturated carbocycles. The lowest BCUT2D eigenvalue weighted by atomic mass is 10.2. The van der Waals surface area contributed by atoms with E-state index in [0.717, 1.165) is 29.4 Å². The van der Waals surface area contributed by atoms with Crippen LogP contribution in [0.3, 0.4) is 0 Å². The van der Waals surface area contributed by atoms with Gasteiger partial charge in [-0.3, -0.25) is 0 Å². The molecule has 18 heavy (non-hydrogen) atoms. The zero-order chi connectivity index (χ0) is 12.8. The van der Waals surface area contributed by atoms with E-state index in [4.69, 9.17) is 4.74 Å². The first-order chi connectivity index (χ1) is 8.83. The average molecular weight is 262 g/mol. The van der Waals surface area contributed by atoms with Crippen molar-refractivity contribution in [3.8, 4) is 5.75 Å². The summed E-state index contributed by atoms with van der Waals surface area (Å²) >= 11 is 1.70. The topological polar surface area (TPSA) is 34.1 Å². The molecule has 0 aliphatic rings. The quantitative estimate of drug-likeness (QED) is 0.869. The Balaban J connectivity index is 2.01. The van der Waals surface area contributed by atoms with E-state index in [2.05, 4.69) is 28.7 Å². The molecule has 0 amide bonds. The first kappa shape index (κ1) is 13.1. The van der Waals surface area contributed by atoms with Gasteiger partial charge in [0.05, 0.1) is 10.7 Å².